The Labute approximate surface area is 143 Å². The average molecular weight is 317 g/mol. The number of hydrogen-bond donors (Lipinski definition) is 1. The first kappa shape index (κ1) is 16.3. The predicted octanol–water partition coefficient (Wildman–Crippen LogP) is 4.96. The Bertz CT molecular complexity index is 831. The van der Waals surface area contributed by atoms with Crippen LogP contribution in [0.4, 0.5) is 0 Å². The van der Waals surface area contributed by atoms with Gasteiger partial charge in [-0.05, 0) is 42.2 Å². The van der Waals surface area contributed by atoms with E-state index in [9.17, 15) is 4.79 Å². The summed E-state index contributed by atoms with van der Waals surface area (Å²) >= 11 is 0. The van der Waals surface area contributed by atoms with Gasteiger partial charge in [-0.25, -0.2) is 0 Å². The molecular formula is C22H23NO. The Hall–Kier alpha value is -2.61. The zero-order valence-corrected chi connectivity index (χ0v) is 14.3. The maximum atomic E-state index is 12.3. The second kappa shape index (κ2) is 7.31. The second-order valence-electron chi connectivity index (χ2n) is 6.34. The molecule has 0 saturated carbocycles. The first-order valence-electron chi connectivity index (χ1n) is 8.46. The summed E-state index contributed by atoms with van der Waals surface area (Å²) in [5, 5.41) is 5.56. The lowest BCUT2D eigenvalue weighted by Gasteiger charge is -2.15. The van der Waals surface area contributed by atoms with Gasteiger partial charge in [0.1, 0.15) is 0 Å². The summed E-state index contributed by atoms with van der Waals surface area (Å²) in [5.41, 5.74) is 3.60. The molecular weight excluding hydrogens is 294 g/mol. The Morgan fingerprint density at radius 3 is 2.46 bits per heavy atom. The van der Waals surface area contributed by atoms with E-state index in [2.05, 4.69) is 66.8 Å². The van der Waals surface area contributed by atoms with Crippen molar-refractivity contribution in [2.24, 2.45) is 0 Å². The number of nitrogens with one attached hydrogen (secondary N) is 1. The Kier molecular flexibility index (Phi) is 4.95. The number of hydrogen-bond acceptors (Lipinski definition) is 1. The molecule has 0 aliphatic carbocycles. The van der Waals surface area contributed by atoms with Gasteiger partial charge in [-0.3, -0.25) is 4.79 Å². The van der Waals surface area contributed by atoms with Gasteiger partial charge in [0.2, 0.25) is 5.91 Å². The largest absolute Gasteiger partial charge is 0.350 e. The van der Waals surface area contributed by atoms with E-state index in [-0.39, 0.29) is 11.9 Å². The van der Waals surface area contributed by atoms with Crippen LogP contribution in [0.15, 0.2) is 66.7 Å². The quantitative estimate of drug-likeness (QED) is 0.708. The number of carbonyl (C=O) groups is 1. The molecule has 3 rings (SSSR count). The van der Waals surface area contributed by atoms with Gasteiger partial charge in [-0.15, -0.1) is 0 Å². The van der Waals surface area contributed by atoms with E-state index in [1.165, 1.54) is 21.9 Å². The van der Waals surface area contributed by atoms with Crippen LogP contribution in [-0.4, -0.2) is 5.91 Å². The van der Waals surface area contributed by atoms with Crippen molar-refractivity contribution in [3.05, 3.63) is 83.4 Å². The van der Waals surface area contributed by atoms with Crippen molar-refractivity contribution in [3.63, 3.8) is 0 Å². The van der Waals surface area contributed by atoms with Gasteiger partial charge in [0, 0.05) is 6.42 Å². The molecule has 1 amide bonds. The normalized spacial score (nSPS) is 12.1. The predicted molar refractivity (Wildman–Crippen MR) is 100 cm³/mol. The zero-order valence-electron chi connectivity index (χ0n) is 14.3. The summed E-state index contributed by atoms with van der Waals surface area (Å²) in [5.74, 6) is 0.0935. The first-order valence-corrected chi connectivity index (χ1v) is 8.46. The summed E-state index contributed by atoms with van der Waals surface area (Å²) in [7, 11) is 0. The summed E-state index contributed by atoms with van der Waals surface area (Å²) in [6.45, 7) is 4.09. The van der Waals surface area contributed by atoms with Gasteiger partial charge in [-0.2, -0.15) is 0 Å². The van der Waals surface area contributed by atoms with E-state index in [1.54, 1.807) is 0 Å². The monoisotopic (exact) mass is 317 g/mol. The van der Waals surface area contributed by atoms with Gasteiger partial charge in [0.15, 0.2) is 0 Å². The molecule has 3 aromatic rings. The molecule has 0 aliphatic heterocycles. The molecule has 3 aromatic carbocycles. The topological polar surface area (TPSA) is 29.1 Å². The molecule has 0 aliphatic rings. The maximum Gasteiger partial charge on any atom is 0.220 e. The van der Waals surface area contributed by atoms with Crippen molar-refractivity contribution in [1.82, 2.24) is 5.32 Å². The van der Waals surface area contributed by atoms with Crippen molar-refractivity contribution in [2.75, 3.05) is 0 Å². The smallest absolute Gasteiger partial charge is 0.220 e. The molecule has 122 valence electrons. The van der Waals surface area contributed by atoms with Crippen molar-refractivity contribution < 1.29 is 4.79 Å². The molecule has 1 atom stereocenters. The highest BCUT2D eigenvalue weighted by atomic mass is 16.1. The molecule has 0 unspecified atom stereocenters. The molecule has 0 heterocycles. The van der Waals surface area contributed by atoms with Crippen LogP contribution in [0.3, 0.4) is 0 Å². The highest BCUT2D eigenvalue weighted by Gasteiger charge is 2.10. The van der Waals surface area contributed by atoms with Crippen molar-refractivity contribution >= 4 is 16.7 Å². The number of amides is 1. The lowest BCUT2D eigenvalue weighted by molar-refractivity contribution is -0.121. The van der Waals surface area contributed by atoms with E-state index < -0.39 is 0 Å². The van der Waals surface area contributed by atoms with Crippen LogP contribution in [0.2, 0.25) is 0 Å². The van der Waals surface area contributed by atoms with Gasteiger partial charge in [0.25, 0.3) is 0 Å². The third kappa shape index (κ3) is 3.83. The minimum atomic E-state index is 0.0330. The summed E-state index contributed by atoms with van der Waals surface area (Å²) in [6, 6.07) is 22.9. The number of benzene rings is 3. The number of carbonyl (C=O) groups excluding carboxylic acids is 1. The fourth-order valence-electron chi connectivity index (χ4n) is 3.01. The van der Waals surface area contributed by atoms with Crippen LogP contribution in [-0.2, 0) is 11.2 Å². The van der Waals surface area contributed by atoms with Crippen LogP contribution in [0.5, 0.6) is 0 Å². The van der Waals surface area contributed by atoms with Crippen LogP contribution in [0, 0.1) is 6.92 Å². The molecule has 2 nitrogen and oxygen atoms in total. The lowest BCUT2D eigenvalue weighted by Crippen LogP contribution is -2.26. The highest BCUT2D eigenvalue weighted by Crippen LogP contribution is 2.20. The minimum Gasteiger partial charge on any atom is -0.350 e. The van der Waals surface area contributed by atoms with Crippen LogP contribution in [0.25, 0.3) is 10.8 Å². The molecule has 1 N–H and O–H groups in total. The molecule has 0 radical (unpaired) electrons. The van der Waals surface area contributed by atoms with Crippen molar-refractivity contribution in [2.45, 2.75) is 32.7 Å². The van der Waals surface area contributed by atoms with Gasteiger partial charge < -0.3 is 5.32 Å². The van der Waals surface area contributed by atoms with E-state index in [0.717, 1.165) is 12.0 Å². The summed E-state index contributed by atoms with van der Waals surface area (Å²) < 4.78 is 0. The fraction of sp³-hybridized carbons (Fsp3) is 0.227. The average Bonchev–Trinajstić information content (AvgIpc) is 2.60. The molecule has 0 fully saturated rings. The molecule has 0 aromatic heterocycles. The van der Waals surface area contributed by atoms with Gasteiger partial charge >= 0.3 is 0 Å². The Morgan fingerprint density at radius 2 is 1.67 bits per heavy atom. The Balaban J connectivity index is 1.62. The van der Waals surface area contributed by atoms with Gasteiger partial charge in [0.05, 0.1) is 6.04 Å². The molecule has 2 heteroatoms. The minimum absolute atomic E-state index is 0.0330. The highest BCUT2D eigenvalue weighted by molar-refractivity contribution is 5.86. The van der Waals surface area contributed by atoms with E-state index in [1.807, 2.05) is 19.1 Å². The number of fused-ring (bicyclic) bond motifs is 1. The zero-order chi connectivity index (χ0) is 16.9. The van der Waals surface area contributed by atoms with E-state index >= 15 is 0 Å². The standard InChI is InChI=1S/C22H23NO/c1-16-10-12-18(13-11-16)17(2)23-22(24)15-14-20-8-5-7-19-6-3-4-9-21(19)20/h3-13,17H,14-15H2,1-2H3,(H,23,24)/t17-/m1/s1. The van der Waals surface area contributed by atoms with Crippen LogP contribution in [0.1, 0.15) is 36.1 Å². The third-order valence-corrected chi connectivity index (χ3v) is 4.46. The first-order chi connectivity index (χ1) is 11.6. The summed E-state index contributed by atoms with van der Waals surface area (Å²) in [4.78, 5) is 12.3. The Morgan fingerprint density at radius 1 is 0.958 bits per heavy atom. The van der Waals surface area contributed by atoms with Crippen LogP contribution >= 0.6 is 0 Å². The number of aryl methyl sites for hydroxylation is 2. The van der Waals surface area contributed by atoms with Crippen molar-refractivity contribution in [1.29, 1.82) is 0 Å². The van der Waals surface area contributed by atoms with Gasteiger partial charge in [-0.1, -0.05) is 72.3 Å². The van der Waals surface area contributed by atoms with Crippen LogP contribution < -0.4 is 5.32 Å². The third-order valence-electron chi connectivity index (χ3n) is 4.46. The van der Waals surface area contributed by atoms with E-state index in [0.29, 0.717) is 6.42 Å². The molecule has 24 heavy (non-hydrogen) atoms. The SMILES string of the molecule is Cc1ccc([C@@H](C)NC(=O)CCc2cccc3ccccc23)cc1. The van der Waals surface area contributed by atoms with Crippen molar-refractivity contribution in [3.8, 4) is 0 Å². The van der Waals surface area contributed by atoms with E-state index in [4.69, 9.17) is 0 Å². The fourth-order valence-corrected chi connectivity index (χ4v) is 3.01. The molecule has 0 saturated heterocycles. The molecule has 0 spiro atoms. The number of rotatable bonds is 5. The second-order valence-corrected chi connectivity index (χ2v) is 6.34. The summed E-state index contributed by atoms with van der Waals surface area (Å²) in [6.07, 6.45) is 1.26. The molecule has 0 bridgehead atoms. The maximum absolute atomic E-state index is 12.3. The lowest BCUT2D eigenvalue weighted by atomic mass is 10.0.